The summed E-state index contributed by atoms with van der Waals surface area (Å²) in [5.41, 5.74) is 0.257. The Balaban J connectivity index is 3.00. The fourth-order valence-corrected chi connectivity index (χ4v) is 5.38. The van der Waals surface area contributed by atoms with Crippen LogP contribution in [-0.2, 0) is 19.7 Å². The third kappa shape index (κ3) is 4.14. The molecule has 106 valence electrons. The predicted molar refractivity (Wildman–Crippen MR) is 73.5 cm³/mol. The molecule has 1 rings (SSSR count). The molecular formula is C12H16O5S2. The van der Waals surface area contributed by atoms with Crippen molar-refractivity contribution in [3.8, 4) is 0 Å². The topological polar surface area (TPSA) is 85.3 Å². The first-order valence-electron chi connectivity index (χ1n) is 5.71. The van der Waals surface area contributed by atoms with Crippen molar-refractivity contribution < 1.29 is 21.6 Å². The highest BCUT2D eigenvalue weighted by molar-refractivity contribution is 8.08. The third-order valence-corrected chi connectivity index (χ3v) is 7.67. The molecule has 19 heavy (non-hydrogen) atoms. The molecule has 0 N–H and O–H groups in total. The van der Waals surface area contributed by atoms with Crippen LogP contribution in [0.25, 0.3) is 0 Å². The Labute approximate surface area is 113 Å². The summed E-state index contributed by atoms with van der Waals surface area (Å²) in [5.74, 6) is -0.856. The van der Waals surface area contributed by atoms with Crippen LogP contribution in [0.4, 0.5) is 0 Å². The van der Waals surface area contributed by atoms with Crippen LogP contribution < -0.4 is 0 Å². The molecule has 1 aromatic rings. The number of rotatable bonds is 6. The second-order valence-corrected chi connectivity index (χ2v) is 9.23. The second-order valence-electron chi connectivity index (χ2n) is 4.19. The molecular weight excluding hydrogens is 288 g/mol. The first-order valence-corrected chi connectivity index (χ1v) is 9.24. The molecule has 0 saturated heterocycles. The quantitative estimate of drug-likeness (QED) is 0.734. The van der Waals surface area contributed by atoms with Crippen LogP contribution in [0.3, 0.4) is 0 Å². The second kappa shape index (κ2) is 5.83. The third-order valence-electron chi connectivity index (χ3n) is 2.75. The van der Waals surface area contributed by atoms with Crippen molar-refractivity contribution in [3.63, 3.8) is 0 Å². The minimum absolute atomic E-state index is 0.257. The van der Waals surface area contributed by atoms with Gasteiger partial charge in [-0.15, -0.1) is 0 Å². The first kappa shape index (κ1) is 15.8. The first-order chi connectivity index (χ1) is 8.69. The van der Waals surface area contributed by atoms with Crippen LogP contribution >= 0.6 is 0 Å². The fraction of sp³-hybridized carbons (Fsp3) is 0.417. The van der Waals surface area contributed by atoms with E-state index in [0.29, 0.717) is 0 Å². The van der Waals surface area contributed by atoms with Crippen LogP contribution in [-0.4, -0.2) is 38.7 Å². The summed E-state index contributed by atoms with van der Waals surface area (Å²) in [6.45, 7) is 2.59. The van der Waals surface area contributed by atoms with E-state index < -0.39 is 35.8 Å². The lowest BCUT2D eigenvalue weighted by Gasteiger charge is -2.11. The summed E-state index contributed by atoms with van der Waals surface area (Å²) < 4.78 is 46.6. The Morgan fingerprint density at radius 2 is 1.63 bits per heavy atom. The summed E-state index contributed by atoms with van der Waals surface area (Å²) in [7, 11) is -7.69. The number of ketones is 1. The molecule has 0 amide bonds. The molecule has 0 radical (unpaired) electrons. The lowest BCUT2D eigenvalue weighted by atomic mass is 10.1. The molecule has 0 aliphatic carbocycles. The van der Waals surface area contributed by atoms with Gasteiger partial charge in [0.15, 0.2) is 30.5 Å². The number of carbonyl (C=O) groups excluding carboxylic acids is 1. The molecule has 0 saturated carbocycles. The maximum atomic E-state index is 12.0. The fourth-order valence-electron chi connectivity index (χ4n) is 1.44. The van der Waals surface area contributed by atoms with Crippen LogP contribution in [0.1, 0.15) is 24.2 Å². The number of Topliss-reactive ketones (excluding diaryl/α,β-unsaturated/α-hetero) is 1. The number of hydrogen-bond donors (Lipinski definition) is 0. The Kier molecular flexibility index (Phi) is 4.86. The smallest absolute Gasteiger partial charge is 0.180 e. The van der Waals surface area contributed by atoms with E-state index in [1.165, 1.54) is 26.0 Å². The molecule has 0 heterocycles. The van der Waals surface area contributed by atoms with Crippen LogP contribution in [0.15, 0.2) is 30.3 Å². The van der Waals surface area contributed by atoms with E-state index in [0.717, 1.165) is 0 Å². The van der Waals surface area contributed by atoms with E-state index in [1.54, 1.807) is 18.2 Å². The van der Waals surface area contributed by atoms with Gasteiger partial charge in [0.1, 0.15) is 5.25 Å². The SMILES string of the molecule is CCS(=O)(=O)CS(=O)(=O)C(C)C(=O)c1ccccc1. The van der Waals surface area contributed by atoms with Gasteiger partial charge < -0.3 is 0 Å². The zero-order valence-electron chi connectivity index (χ0n) is 10.7. The molecule has 0 bridgehead atoms. The number of sulfone groups is 2. The van der Waals surface area contributed by atoms with E-state index >= 15 is 0 Å². The molecule has 0 spiro atoms. The summed E-state index contributed by atoms with van der Waals surface area (Å²) in [6, 6.07) is 7.95. The van der Waals surface area contributed by atoms with Crippen molar-refractivity contribution in [2.45, 2.75) is 19.1 Å². The highest BCUT2D eigenvalue weighted by Crippen LogP contribution is 2.13. The van der Waals surface area contributed by atoms with Crippen molar-refractivity contribution >= 4 is 25.5 Å². The van der Waals surface area contributed by atoms with Gasteiger partial charge in [-0.05, 0) is 6.92 Å². The van der Waals surface area contributed by atoms with Crippen LogP contribution in [0.5, 0.6) is 0 Å². The van der Waals surface area contributed by atoms with Gasteiger partial charge in [-0.25, -0.2) is 16.8 Å². The zero-order chi connectivity index (χ0) is 14.7. The molecule has 5 nitrogen and oxygen atoms in total. The highest BCUT2D eigenvalue weighted by atomic mass is 32.3. The molecule has 0 aliphatic heterocycles. The van der Waals surface area contributed by atoms with Crippen molar-refractivity contribution in [1.82, 2.24) is 0 Å². The summed E-state index contributed by atoms with van der Waals surface area (Å²) in [6.07, 6.45) is 0. The van der Waals surface area contributed by atoms with Crippen molar-refractivity contribution in [2.75, 3.05) is 10.8 Å². The lowest BCUT2D eigenvalue weighted by molar-refractivity contribution is 0.0991. The van der Waals surface area contributed by atoms with Crippen molar-refractivity contribution in [1.29, 1.82) is 0 Å². The Bertz CT molecular complexity index is 645. The minimum atomic E-state index is -4.01. The average Bonchev–Trinajstić information content (AvgIpc) is 2.37. The number of benzene rings is 1. The molecule has 0 fully saturated rings. The van der Waals surface area contributed by atoms with E-state index in [4.69, 9.17) is 0 Å². The Morgan fingerprint density at radius 3 is 2.11 bits per heavy atom. The molecule has 0 aliphatic rings. The summed E-state index contributed by atoms with van der Waals surface area (Å²) in [5, 5.41) is -2.35. The lowest BCUT2D eigenvalue weighted by Crippen LogP contribution is -2.32. The molecule has 0 aromatic heterocycles. The minimum Gasteiger partial charge on any atom is -0.293 e. The largest absolute Gasteiger partial charge is 0.293 e. The molecule has 1 unspecified atom stereocenters. The van der Waals surface area contributed by atoms with Gasteiger partial charge in [0.2, 0.25) is 0 Å². The number of carbonyl (C=O) groups is 1. The van der Waals surface area contributed by atoms with Gasteiger partial charge in [0, 0.05) is 11.3 Å². The van der Waals surface area contributed by atoms with Crippen LogP contribution in [0, 0.1) is 0 Å². The van der Waals surface area contributed by atoms with E-state index in [-0.39, 0.29) is 11.3 Å². The predicted octanol–water partition coefficient (Wildman–Crippen LogP) is 1.06. The van der Waals surface area contributed by atoms with Crippen molar-refractivity contribution in [2.24, 2.45) is 0 Å². The van der Waals surface area contributed by atoms with Gasteiger partial charge in [0.05, 0.1) is 0 Å². The van der Waals surface area contributed by atoms with Crippen LogP contribution in [0.2, 0.25) is 0 Å². The van der Waals surface area contributed by atoms with Gasteiger partial charge in [-0.3, -0.25) is 4.79 Å². The molecule has 1 atom stereocenters. The van der Waals surface area contributed by atoms with E-state index in [2.05, 4.69) is 0 Å². The molecule has 1 aromatic carbocycles. The van der Waals surface area contributed by atoms with Crippen molar-refractivity contribution in [3.05, 3.63) is 35.9 Å². The Hall–Kier alpha value is -1.21. The average molecular weight is 304 g/mol. The standard InChI is InChI=1S/C12H16O5S2/c1-3-18(14,15)9-19(16,17)10(2)12(13)11-7-5-4-6-8-11/h4-8,10H,3,9H2,1-2H3. The highest BCUT2D eigenvalue weighted by Gasteiger charge is 2.32. The number of hydrogen-bond acceptors (Lipinski definition) is 5. The zero-order valence-corrected chi connectivity index (χ0v) is 12.4. The van der Waals surface area contributed by atoms with Gasteiger partial charge in [0.25, 0.3) is 0 Å². The van der Waals surface area contributed by atoms with Gasteiger partial charge >= 0.3 is 0 Å². The normalized spacial score (nSPS) is 14.0. The monoisotopic (exact) mass is 304 g/mol. The summed E-state index contributed by atoms with van der Waals surface area (Å²) >= 11 is 0. The van der Waals surface area contributed by atoms with E-state index in [1.807, 2.05) is 0 Å². The maximum absolute atomic E-state index is 12.0. The maximum Gasteiger partial charge on any atom is 0.180 e. The van der Waals surface area contributed by atoms with Gasteiger partial charge in [-0.2, -0.15) is 0 Å². The molecule has 7 heteroatoms. The van der Waals surface area contributed by atoms with E-state index in [9.17, 15) is 21.6 Å². The van der Waals surface area contributed by atoms with Gasteiger partial charge in [-0.1, -0.05) is 37.3 Å². The summed E-state index contributed by atoms with van der Waals surface area (Å²) in [4.78, 5) is 12.0. The Morgan fingerprint density at radius 1 is 1.11 bits per heavy atom.